The third-order valence-electron chi connectivity index (χ3n) is 7.73. The van der Waals surface area contributed by atoms with Crippen LogP contribution >= 0.6 is 0 Å². The molecule has 5 rings (SSSR count). The van der Waals surface area contributed by atoms with Crippen molar-refractivity contribution < 1.29 is 14.3 Å². The van der Waals surface area contributed by atoms with E-state index in [1.807, 2.05) is 28.0 Å². The maximum Gasteiger partial charge on any atom is 0.274 e. The summed E-state index contributed by atoms with van der Waals surface area (Å²) >= 11 is 0. The van der Waals surface area contributed by atoms with Gasteiger partial charge in [0.05, 0.1) is 18.3 Å². The molecule has 0 radical (unpaired) electrons. The Morgan fingerprint density at radius 2 is 1.76 bits per heavy atom. The van der Waals surface area contributed by atoms with Crippen LogP contribution in [0.1, 0.15) is 58.5 Å². The zero-order valence-corrected chi connectivity index (χ0v) is 21.5. The molecule has 1 aromatic carbocycles. The van der Waals surface area contributed by atoms with Gasteiger partial charge in [-0.25, -0.2) is 4.98 Å². The summed E-state index contributed by atoms with van der Waals surface area (Å²) in [5.74, 6) is 0.642. The van der Waals surface area contributed by atoms with Crippen molar-refractivity contribution in [1.82, 2.24) is 24.8 Å². The van der Waals surface area contributed by atoms with Gasteiger partial charge in [0.25, 0.3) is 11.8 Å². The van der Waals surface area contributed by atoms with Crippen LogP contribution in [0.25, 0.3) is 0 Å². The van der Waals surface area contributed by atoms with Crippen molar-refractivity contribution in [3.8, 4) is 5.75 Å². The molecule has 2 aliphatic rings. The fourth-order valence-corrected chi connectivity index (χ4v) is 5.56. The van der Waals surface area contributed by atoms with E-state index in [9.17, 15) is 14.4 Å². The van der Waals surface area contributed by atoms with Gasteiger partial charge in [0.15, 0.2) is 0 Å². The molecule has 0 bridgehead atoms. The van der Waals surface area contributed by atoms with E-state index in [1.54, 1.807) is 12.3 Å². The van der Waals surface area contributed by atoms with Gasteiger partial charge in [-0.2, -0.15) is 0 Å². The van der Waals surface area contributed by atoms with Gasteiger partial charge >= 0.3 is 0 Å². The third-order valence-corrected chi connectivity index (χ3v) is 7.73. The topological polar surface area (TPSA) is 108 Å². The number of piperidine rings is 1. The van der Waals surface area contributed by atoms with Crippen LogP contribution in [0, 0.1) is 5.41 Å². The van der Waals surface area contributed by atoms with E-state index in [2.05, 4.69) is 21.0 Å². The number of H-pyrrole nitrogens is 1. The molecule has 2 aromatic heterocycles. The predicted molar refractivity (Wildman–Crippen MR) is 142 cm³/mol. The third kappa shape index (κ3) is 5.93. The van der Waals surface area contributed by atoms with Gasteiger partial charge in [-0.3, -0.25) is 19.4 Å². The van der Waals surface area contributed by atoms with Crippen molar-refractivity contribution in [2.75, 3.05) is 32.8 Å². The number of rotatable bonds is 2. The Kier molecular flexibility index (Phi) is 7.81. The Labute approximate surface area is 221 Å². The zero-order chi connectivity index (χ0) is 26.4. The second-order valence-electron chi connectivity index (χ2n) is 10.2. The van der Waals surface area contributed by atoms with Crippen molar-refractivity contribution in [2.45, 2.75) is 38.5 Å². The lowest BCUT2D eigenvalue weighted by atomic mass is 9.73. The molecule has 2 aliphatic heterocycles. The highest BCUT2D eigenvalue weighted by atomic mass is 16.5. The van der Waals surface area contributed by atoms with Crippen molar-refractivity contribution >= 4 is 11.8 Å². The molecule has 1 spiro atoms. The Morgan fingerprint density at radius 1 is 0.921 bits per heavy atom. The fourth-order valence-electron chi connectivity index (χ4n) is 5.56. The highest BCUT2D eigenvalue weighted by Gasteiger charge is 2.38. The predicted octanol–water partition coefficient (Wildman–Crippen LogP) is 3.34. The summed E-state index contributed by atoms with van der Waals surface area (Å²) < 4.78 is 6.15. The molecule has 2 amide bonds. The van der Waals surface area contributed by atoms with Crippen molar-refractivity contribution in [1.29, 1.82) is 0 Å². The summed E-state index contributed by atoms with van der Waals surface area (Å²) in [7, 11) is 0. The standard InChI is InChI=1S/C29H33N5O4/c35-26-9-8-23(19-32-26)27(36)33-15-11-29(12-16-33)10-4-3-6-22-5-1-2-7-25(22)38-18-17-34(21-29)28(37)24-20-30-13-14-31-24/h1-2,5,7-9,13-14,19-20H,3-4,6,10-12,15-18,21H2,(H,32,35). The Morgan fingerprint density at radius 3 is 2.53 bits per heavy atom. The average molecular weight is 516 g/mol. The first-order valence-corrected chi connectivity index (χ1v) is 13.3. The second-order valence-corrected chi connectivity index (χ2v) is 10.2. The van der Waals surface area contributed by atoms with Crippen molar-refractivity contribution in [3.63, 3.8) is 0 Å². The number of benzene rings is 1. The normalized spacial score (nSPS) is 18.0. The fraction of sp³-hybridized carbons (Fsp3) is 0.414. The Bertz CT molecular complexity index is 1300. The maximum atomic E-state index is 13.5. The average Bonchev–Trinajstić information content (AvgIpc) is 2.95. The number of hydrogen-bond acceptors (Lipinski definition) is 6. The van der Waals surface area contributed by atoms with E-state index < -0.39 is 0 Å². The molecule has 198 valence electrons. The number of pyridine rings is 1. The van der Waals surface area contributed by atoms with E-state index in [4.69, 9.17) is 4.74 Å². The van der Waals surface area contributed by atoms with Gasteiger partial charge in [0.1, 0.15) is 18.1 Å². The summed E-state index contributed by atoms with van der Waals surface area (Å²) in [6.45, 7) is 2.60. The van der Waals surface area contributed by atoms with E-state index in [1.165, 1.54) is 30.2 Å². The Hall–Kier alpha value is -4.01. The number of para-hydroxylation sites is 1. The molecule has 3 aromatic rings. The number of fused-ring (bicyclic) bond motifs is 1. The molecule has 4 heterocycles. The molecule has 9 nitrogen and oxygen atoms in total. The molecule has 1 fully saturated rings. The molecule has 0 atom stereocenters. The first-order chi connectivity index (χ1) is 18.5. The lowest BCUT2D eigenvalue weighted by Crippen LogP contribution is -2.50. The van der Waals surface area contributed by atoms with Crippen LogP contribution in [0.15, 0.2) is 66.0 Å². The molecular formula is C29H33N5O4. The molecule has 1 saturated heterocycles. The number of amides is 2. The summed E-state index contributed by atoms with van der Waals surface area (Å²) in [6, 6.07) is 11.1. The van der Waals surface area contributed by atoms with Crippen LogP contribution in [-0.4, -0.2) is 69.4 Å². The lowest BCUT2D eigenvalue weighted by Gasteiger charge is -2.45. The lowest BCUT2D eigenvalue weighted by molar-refractivity contribution is 0.0325. The van der Waals surface area contributed by atoms with Gasteiger partial charge in [-0.05, 0) is 55.2 Å². The van der Waals surface area contributed by atoms with E-state index >= 15 is 0 Å². The number of nitrogens with one attached hydrogen (secondary N) is 1. The van der Waals surface area contributed by atoms with Gasteiger partial charge in [0.2, 0.25) is 5.56 Å². The van der Waals surface area contributed by atoms with Gasteiger partial charge in [-0.1, -0.05) is 24.6 Å². The number of aryl methyl sites for hydroxylation is 1. The van der Waals surface area contributed by atoms with Crippen LogP contribution in [0.4, 0.5) is 0 Å². The number of likely N-dealkylation sites (tertiary alicyclic amines) is 1. The van der Waals surface area contributed by atoms with Crippen LogP contribution in [-0.2, 0) is 6.42 Å². The summed E-state index contributed by atoms with van der Waals surface area (Å²) in [5, 5.41) is 0. The quantitative estimate of drug-likeness (QED) is 0.561. The number of aromatic amines is 1. The maximum absolute atomic E-state index is 13.5. The van der Waals surface area contributed by atoms with E-state index in [0.29, 0.717) is 44.0 Å². The Balaban J connectivity index is 1.36. The molecule has 0 saturated carbocycles. The highest BCUT2D eigenvalue weighted by Crippen LogP contribution is 2.39. The van der Waals surface area contributed by atoms with Crippen LogP contribution in [0.2, 0.25) is 0 Å². The van der Waals surface area contributed by atoms with E-state index in [0.717, 1.165) is 44.3 Å². The minimum atomic E-state index is -0.230. The van der Waals surface area contributed by atoms with Gasteiger partial charge in [-0.15, -0.1) is 0 Å². The first-order valence-electron chi connectivity index (χ1n) is 13.3. The summed E-state index contributed by atoms with van der Waals surface area (Å²) in [4.78, 5) is 52.7. The number of nitrogens with zero attached hydrogens (tertiary/aromatic N) is 4. The molecule has 38 heavy (non-hydrogen) atoms. The summed E-state index contributed by atoms with van der Waals surface area (Å²) in [5.41, 5.74) is 1.65. The molecule has 1 N–H and O–H groups in total. The minimum absolute atomic E-state index is 0.0817. The number of ether oxygens (including phenoxy) is 1. The molecule has 9 heteroatoms. The minimum Gasteiger partial charge on any atom is -0.491 e. The van der Waals surface area contributed by atoms with Crippen LogP contribution in [0.3, 0.4) is 0 Å². The highest BCUT2D eigenvalue weighted by molar-refractivity contribution is 5.94. The van der Waals surface area contributed by atoms with Crippen LogP contribution in [0.5, 0.6) is 5.75 Å². The monoisotopic (exact) mass is 515 g/mol. The largest absolute Gasteiger partial charge is 0.491 e. The molecular weight excluding hydrogens is 482 g/mol. The second kappa shape index (κ2) is 11.6. The number of hydrogen-bond donors (Lipinski definition) is 1. The number of carbonyl (C=O) groups excluding carboxylic acids is 2. The number of carbonyl (C=O) groups is 2. The zero-order valence-electron chi connectivity index (χ0n) is 21.5. The number of aromatic nitrogens is 3. The van der Waals surface area contributed by atoms with Gasteiger partial charge in [0, 0.05) is 44.3 Å². The molecule has 0 unspecified atom stereocenters. The SMILES string of the molecule is O=C(c1ccc(=O)[nH]c1)N1CCC2(CCCCc3ccccc3OCCN(C(=O)c3cnccn3)C2)CC1. The van der Waals surface area contributed by atoms with E-state index in [-0.39, 0.29) is 22.8 Å². The van der Waals surface area contributed by atoms with Crippen molar-refractivity contribution in [2.24, 2.45) is 5.41 Å². The smallest absolute Gasteiger partial charge is 0.274 e. The van der Waals surface area contributed by atoms with Gasteiger partial charge < -0.3 is 19.5 Å². The molecule has 0 aliphatic carbocycles. The van der Waals surface area contributed by atoms with Crippen LogP contribution < -0.4 is 10.3 Å². The van der Waals surface area contributed by atoms with Crippen molar-refractivity contribution in [3.05, 3.63) is 88.4 Å². The first kappa shape index (κ1) is 25.6. The summed E-state index contributed by atoms with van der Waals surface area (Å²) in [6.07, 6.45) is 11.6.